The van der Waals surface area contributed by atoms with Crippen molar-refractivity contribution in [3.63, 3.8) is 0 Å². The highest BCUT2D eigenvalue weighted by Crippen LogP contribution is 2.24. The number of ether oxygens (including phenoxy) is 2. The van der Waals surface area contributed by atoms with Gasteiger partial charge in [-0.05, 0) is 47.8 Å². The van der Waals surface area contributed by atoms with Crippen LogP contribution in [0.2, 0.25) is 0 Å². The summed E-state index contributed by atoms with van der Waals surface area (Å²) in [5.74, 6) is 0.626. The van der Waals surface area contributed by atoms with Crippen molar-refractivity contribution in [1.29, 1.82) is 0 Å². The van der Waals surface area contributed by atoms with E-state index in [0.717, 1.165) is 10.2 Å². The van der Waals surface area contributed by atoms with Gasteiger partial charge in [-0.2, -0.15) is 0 Å². The van der Waals surface area contributed by atoms with E-state index in [9.17, 15) is 4.79 Å². The number of carbonyl (C=O) groups excluding carboxylic acids is 1. The molecule has 1 amide bonds. The molecule has 0 bridgehead atoms. The topological polar surface area (TPSA) is 73.6 Å². The van der Waals surface area contributed by atoms with Gasteiger partial charge in [-0.3, -0.25) is 4.79 Å². The number of benzene rings is 1. The van der Waals surface area contributed by atoms with Gasteiger partial charge in [0.1, 0.15) is 11.9 Å². The molecule has 1 aromatic carbocycles. The molecule has 0 aliphatic carbocycles. The molecule has 1 aromatic rings. The summed E-state index contributed by atoms with van der Waals surface area (Å²) in [7, 11) is 0. The fourth-order valence-corrected chi connectivity index (χ4v) is 2.55. The van der Waals surface area contributed by atoms with Crippen molar-refractivity contribution in [3.8, 4) is 5.75 Å². The molecule has 1 atom stereocenters. The molecule has 1 aliphatic rings. The molecular weight excluding hydrogens is 336 g/mol. The maximum atomic E-state index is 12.2. The van der Waals surface area contributed by atoms with Crippen molar-refractivity contribution in [1.82, 2.24) is 5.32 Å². The first kappa shape index (κ1) is 16.3. The van der Waals surface area contributed by atoms with Crippen LogP contribution in [0.15, 0.2) is 28.7 Å². The van der Waals surface area contributed by atoms with Crippen molar-refractivity contribution < 1.29 is 14.3 Å². The fraction of sp³-hybridized carbons (Fsp3) is 0.533. The first-order valence-corrected chi connectivity index (χ1v) is 7.87. The number of carbonyl (C=O) groups is 1. The monoisotopic (exact) mass is 356 g/mol. The summed E-state index contributed by atoms with van der Waals surface area (Å²) in [6, 6.07) is 7.62. The van der Waals surface area contributed by atoms with Gasteiger partial charge in [0.05, 0.1) is 16.6 Å². The van der Waals surface area contributed by atoms with Crippen LogP contribution < -0.4 is 15.8 Å². The highest BCUT2D eigenvalue weighted by atomic mass is 79.9. The molecule has 116 valence electrons. The Labute approximate surface area is 133 Å². The van der Waals surface area contributed by atoms with Gasteiger partial charge >= 0.3 is 0 Å². The number of para-hydroxylation sites is 1. The zero-order valence-electron chi connectivity index (χ0n) is 12.1. The third kappa shape index (κ3) is 4.43. The molecular formula is C15H21BrN2O3. The second-order valence-electron chi connectivity index (χ2n) is 5.34. The lowest BCUT2D eigenvalue weighted by molar-refractivity contribution is -0.130. The first-order chi connectivity index (χ1) is 10.0. The van der Waals surface area contributed by atoms with E-state index in [1.807, 2.05) is 31.2 Å². The Hall–Kier alpha value is -1.11. The zero-order chi connectivity index (χ0) is 15.3. The highest BCUT2D eigenvalue weighted by molar-refractivity contribution is 9.10. The molecule has 1 aliphatic heterocycles. The van der Waals surface area contributed by atoms with E-state index in [-0.39, 0.29) is 12.0 Å². The van der Waals surface area contributed by atoms with E-state index in [1.165, 1.54) is 0 Å². The number of hydrogen-bond donors (Lipinski definition) is 2. The zero-order valence-corrected chi connectivity index (χ0v) is 13.7. The number of rotatable bonds is 5. The maximum absolute atomic E-state index is 12.2. The minimum absolute atomic E-state index is 0.131. The molecule has 0 saturated carbocycles. The first-order valence-electron chi connectivity index (χ1n) is 7.07. The van der Waals surface area contributed by atoms with Crippen molar-refractivity contribution >= 4 is 21.8 Å². The average molecular weight is 357 g/mol. The Bertz CT molecular complexity index is 490. The fourth-order valence-electron chi connectivity index (χ4n) is 2.17. The largest absolute Gasteiger partial charge is 0.488 e. The Morgan fingerprint density at radius 3 is 2.81 bits per heavy atom. The third-order valence-corrected chi connectivity index (χ3v) is 4.21. The average Bonchev–Trinajstić information content (AvgIpc) is 2.48. The summed E-state index contributed by atoms with van der Waals surface area (Å²) in [6.45, 7) is 3.40. The van der Waals surface area contributed by atoms with Crippen molar-refractivity contribution in [2.75, 3.05) is 19.8 Å². The molecule has 0 spiro atoms. The lowest BCUT2D eigenvalue weighted by atomic mass is 9.90. The maximum Gasteiger partial charge on any atom is 0.240 e. The van der Waals surface area contributed by atoms with Crippen LogP contribution >= 0.6 is 15.9 Å². The van der Waals surface area contributed by atoms with Crippen LogP contribution in [0, 0.1) is 0 Å². The number of hydrogen-bond acceptors (Lipinski definition) is 4. The number of nitrogens with two attached hydrogens (primary N) is 1. The minimum Gasteiger partial charge on any atom is -0.488 e. The van der Waals surface area contributed by atoms with Crippen LogP contribution in [0.25, 0.3) is 0 Å². The number of halogens is 1. The van der Waals surface area contributed by atoms with E-state index in [2.05, 4.69) is 21.2 Å². The summed E-state index contributed by atoms with van der Waals surface area (Å²) in [5, 5.41) is 2.87. The van der Waals surface area contributed by atoms with E-state index in [4.69, 9.17) is 15.2 Å². The summed E-state index contributed by atoms with van der Waals surface area (Å²) in [6.07, 6.45) is 0.965. The SMILES string of the molecule is CC(CNC(=O)C1(N)CCOCC1)Oc1ccccc1Br. The molecule has 2 rings (SSSR count). The van der Waals surface area contributed by atoms with Crippen molar-refractivity contribution in [2.24, 2.45) is 5.73 Å². The number of amides is 1. The summed E-state index contributed by atoms with van der Waals surface area (Å²) >= 11 is 3.43. The van der Waals surface area contributed by atoms with Crippen LogP contribution in [0.5, 0.6) is 5.75 Å². The molecule has 6 heteroatoms. The molecule has 1 saturated heterocycles. The molecule has 1 unspecified atom stereocenters. The summed E-state index contributed by atoms with van der Waals surface area (Å²) < 4.78 is 11.9. The van der Waals surface area contributed by atoms with Crippen LogP contribution in [-0.2, 0) is 9.53 Å². The Balaban J connectivity index is 1.82. The van der Waals surface area contributed by atoms with Crippen LogP contribution in [0.4, 0.5) is 0 Å². The van der Waals surface area contributed by atoms with Crippen LogP contribution in [-0.4, -0.2) is 37.3 Å². The van der Waals surface area contributed by atoms with Gasteiger partial charge < -0.3 is 20.5 Å². The Morgan fingerprint density at radius 1 is 1.48 bits per heavy atom. The van der Waals surface area contributed by atoms with E-state index in [0.29, 0.717) is 32.6 Å². The second-order valence-corrected chi connectivity index (χ2v) is 6.19. The molecule has 1 fully saturated rings. The lowest BCUT2D eigenvalue weighted by Gasteiger charge is -2.32. The van der Waals surface area contributed by atoms with Gasteiger partial charge in [-0.1, -0.05) is 12.1 Å². The Kier molecular flexibility index (Phi) is 5.61. The lowest BCUT2D eigenvalue weighted by Crippen LogP contribution is -2.57. The minimum atomic E-state index is -0.814. The third-order valence-electron chi connectivity index (χ3n) is 3.55. The predicted octanol–water partition coefficient (Wildman–Crippen LogP) is 1.84. The molecule has 21 heavy (non-hydrogen) atoms. The summed E-state index contributed by atoms with van der Waals surface area (Å²) in [4.78, 5) is 12.2. The van der Waals surface area contributed by atoms with Gasteiger partial charge in [0.25, 0.3) is 0 Å². The summed E-state index contributed by atoms with van der Waals surface area (Å²) in [5.41, 5.74) is 5.31. The quantitative estimate of drug-likeness (QED) is 0.844. The van der Waals surface area contributed by atoms with E-state index >= 15 is 0 Å². The number of nitrogens with one attached hydrogen (secondary N) is 1. The second kappa shape index (κ2) is 7.24. The Morgan fingerprint density at radius 2 is 2.14 bits per heavy atom. The van der Waals surface area contributed by atoms with Gasteiger partial charge in [0.2, 0.25) is 5.91 Å². The van der Waals surface area contributed by atoms with Crippen molar-refractivity contribution in [2.45, 2.75) is 31.4 Å². The standard InChI is InChI=1S/C15H21BrN2O3/c1-11(21-13-5-3-2-4-12(13)16)10-18-14(19)15(17)6-8-20-9-7-15/h2-5,11H,6-10,17H2,1H3,(H,18,19). The molecule has 0 aromatic heterocycles. The van der Waals surface area contributed by atoms with E-state index < -0.39 is 5.54 Å². The molecule has 1 heterocycles. The van der Waals surface area contributed by atoms with Crippen molar-refractivity contribution in [3.05, 3.63) is 28.7 Å². The predicted molar refractivity (Wildman–Crippen MR) is 84.2 cm³/mol. The van der Waals surface area contributed by atoms with Gasteiger partial charge in [0, 0.05) is 13.2 Å². The molecule has 3 N–H and O–H groups in total. The molecule has 0 radical (unpaired) electrons. The van der Waals surface area contributed by atoms with Gasteiger partial charge in [-0.15, -0.1) is 0 Å². The van der Waals surface area contributed by atoms with Crippen LogP contribution in [0.1, 0.15) is 19.8 Å². The normalized spacial score (nSPS) is 18.8. The smallest absolute Gasteiger partial charge is 0.240 e. The van der Waals surface area contributed by atoms with Gasteiger partial charge in [-0.25, -0.2) is 0 Å². The highest BCUT2D eigenvalue weighted by Gasteiger charge is 2.35. The molecule has 5 nitrogen and oxygen atoms in total. The van der Waals surface area contributed by atoms with Gasteiger partial charge in [0.15, 0.2) is 0 Å². The van der Waals surface area contributed by atoms with E-state index in [1.54, 1.807) is 0 Å². The van der Waals surface area contributed by atoms with Crippen LogP contribution in [0.3, 0.4) is 0 Å².